The second-order valence-corrected chi connectivity index (χ2v) is 9.25. The summed E-state index contributed by atoms with van der Waals surface area (Å²) in [6.07, 6.45) is -0.753. The summed E-state index contributed by atoms with van der Waals surface area (Å²) in [5, 5.41) is 12.2. The van der Waals surface area contributed by atoms with E-state index in [-0.39, 0.29) is 24.0 Å². The third-order valence-corrected chi connectivity index (χ3v) is 7.83. The van der Waals surface area contributed by atoms with Gasteiger partial charge in [0.1, 0.15) is 0 Å². The number of urea groups is 1. The number of halogens is 3. The highest BCUT2D eigenvalue weighted by atomic mass is 32.1. The van der Waals surface area contributed by atoms with Crippen molar-refractivity contribution in [2.75, 3.05) is 25.0 Å². The molecule has 2 saturated carbocycles. The SMILES string of the molecule is O=C(Nc1ncc(CCO)s1)N1CCC2(C1)C1C[C@@]12c1ccccc1C(F)(F)F. The van der Waals surface area contributed by atoms with Crippen molar-refractivity contribution in [3.8, 4) is 0 Å². The fourth-order valence-electron chi connectivity index (χ4n) is 5.39. The number of aromatic nitrogens is 1. The standard InChI is InChI=1S/C20H20F3N3O2S/c21-20(22,23)14-4-2-1-3-13(14)19-9-15(19)18(19)6-7-26(11-18)17(28)25-16-24-10-12(29-16)5-8-27/h1-4,10,15,27H,5-9,11H2,(H,24,25,28)/t15?,18?,19-/m1/s1. The Morgan fingerprint density at radius 2 is 2.17 bits per heavy atom. The number of nitrogens with zero attached hydrogens (tertiary/aromatic N) is 2. The first-order valence-electron chi connectivity index (χ1n) is 9.60. The maximum atomic E-state index is 13.5. The molecule has 2 unspecified atom stereocenters. The summed E-state index contributed by atoms with van der Waals surface area (Å²) in [5.41, 5.74) is -0.796. The van der Waals surface area contributed by atoms with E-state index in [4.69, 9.17) is 5.11 Å². The maximum absolute atomic E-state index is 13.5. The van der Waals surface area contributed by atoms with Gasteiger partial charge in [-0.3, -0.25) is 5.32 Å². The fraction of sp³-hybridized carbons (Fsp3) is 0.500. The van der Waals surface area contributed by atoms with Crippen molar-refractivity contribution in [2.24, 2.45) is 11.3 Å². The molecule has 154 valence electrons. The third kappa shape index (κ3) is 2.70. The molecule has 1 spiro atoms. The van der Waals surface area contributed by atoms with Crippen molar-refractivity contribution in [1.82, 2.24) is 9.88 Å². The summed E-state index contributed by atoms with van der Waals surface area (Å²) >= 11 is 1.32. The number of amides is 2. The van der Waals surface area contributed by atoms with E-state index in [0.717, 1.165) is 23.8 Å². The lowest BCUT2D eigenvalue weighted by Crippen LogP contribution is -2.35. The van der Waals surface area contributed by atoms with Gasteiger partial charge in [0.05, 0.1) is 5.56 Å². The summed E-state index contributed by atoms with van der Waals surface area (Å²) in [7, 11) is 0. The molecule has 1 aromatic carbocycles. The van der Waals surface area contributed by atoms with E-state index in [1.807, 2.05) is 0 Å². The van der Waals surface area contributed by atoms with Crippen molar-refractivity contribution >= 4 is 22.5 Å². The number of alkyl halides is 3. The second-order valence-electron chi connectivity index (χ2n) is 8.13. The molecule has 0 bridgehead atoms. The van der Waals surface area contributed by atoms with Gasteiger partial charge in [-0.15, -0.1) is 11.3 Å². The number of likely N-dealkylation sites (tertiary alicyclic amines) is 1. The number of thiazole rings is 1. The Kier molecular flexibility index (Phi) is 4.02. The van der Waals surface area contributed by atoms with Crippen LogP contribution in [0.1, 0.15) is 28.8 Å². The Bertz CT molecular complexity index is 978. The Labute approximate surface area is 169 Å². The Hall–Kier alpha value is -2.13. The molecule has 2 aliphatic carbocycles. The van der Waals surface area contributed by atoms with Gasteiger partial charge in [-0.1, -0.05) is 18.2 Å². The van der Waals surface area contributed by atoms with Gasteiger partial charge < -0.3 is 10.0 Å². The molecule has 1 aromatic heterocycles. The van der Waals surface area contributed by atoms with Crippen LogP contribution < -0.4 is 5.32 Å². The number of benzene rings is 1. The smallest absolute Gasteiger partial charge is 0.396 e. The number of aliphatic hydroxyl groups excluding tert-OH is 1. The molecule has 3 atom stereocenters. The second kappa shape index (κ2) is 6.18. The molecule has 3 aliphatic rings. The van der Waals surface area contributed by atoms with Gasteiger partial charge in [0.25, 0.3) is 0 Å². The highest BCUT2D eigenvalue weighted by molar-refractivity contribution is 7.15. The molecule has 3 fully saturated rings. The van der Waals surface area contributed by atoms with Crippen molar-refractivity contribution in [1.29, 1.82) is 0 Å². The number of aliphatic hydroxyl groups is 1. The van der Waals surface area contributed by atoms with Gasteiger partial charge in [0.2, 0.25) is 0 Å². The number of carbonyl (C=O) groups is 1. The highest BCUT2D eigenvalue weighted by Gasteiger charge is 2.90. The number of carbonyl (C=O) groups excluding carboxylic acids is 1. The quantitative estimate of drug-likeness (QED) is 0.784. The molecule has 9 heteroatoms. The van der Waals surface area contributed by atoms with E-state index in [0.29, 0.717) is 30.2 Å². The zero-order chi connectivity index (χ0) is 20.4. The van der Waals surface area contributed by atoms with Crippen LogP contribution in [0.15, 0.2) is 30.5 Å². The first-order chi connectivity index (χ1) is 13.8. The average molecular weight is 423 g/mol. The van der Waals surface area contributed by atoms with E-state index in [1.165, 1.54) is 17.4 Å². The molecule has 5 rings (SSSR count). The molecule has 29 heavy (non-hydrogen) atoms. The predicted molar refractivity (Wildman–Crippen MR) is 102 cm³/mol. The van der Waals surface area contributed by atoms with Crippen LogP contribution in [0.4, 0.5) is 23.1 Å². The van der Waals surface area contributed by atoms with Crippen LogP contribution in [0.3, 0.4) is 0 Å². The third-order valence-electron chi connectivity index (χ3n) is 6.86. The molecule has 1 saturated heterocycles. The van der Waals surface area contributed by atoms with Crippen molar-refractivity contribution in [2.45, 2.75) is 30.9 Å². The normalized spacial score (nSPS) is 29.8. The molecule has 5 nitrogen and oxygen atoms in total. The zero-order valence-corrected chi connectivity index (χ0v) is 16.3. The number of hydrogen-bond donors (Lipinski definition) is 2. The first-order valence-corrected chi connectivity index (χ1v) is 10.4. The van der Waals surface area contributed by atoms with Crippen molar-refractivity contribution < 1.29 is 23.1 Å². The number of hydrogen-bond acceptors (Lipinski definition) is 4. The van der Waals surface area contributed by atoms with Gasteiger partial charge >= 0.3 is 12.2 Å². The Morgan fingerprint density at radius 1 is 1.38 bits per heavy atom. The monoisotopic (exact) mass is 423 g/mol. The lowest BCUT2D eigenvalue weighted by atomic mass is 9.81. The number of fused-ring (bicyclic) bond motifs is 3. The molecule has 2 aromatic rings. The lowest BCUT2D eigenvalue weighted by molar-refractivity contribution is -0.138. The van der Waals surface area contributed by atoms with Gasteiger partial charge in [-0.25, -0.2) is 9.78 Å². The Morgan fingerprint density at radius 3 is 2.90 bits per heavy atom. The minimum absolute atomic E-state index is 0.0209. The maximum Gasteiger partial charge on any atom is 0.416 e. The lowest BCUT2D eigenvalue weighted by Gasteiger charge is -2.25. The Balaban J connectivity index is 1.30. The molecular formula is C20H20F3N3O2S. The minimum Gasteiger partial charge on any atom is -0.396 e. The number of rotatable bonds is 4. The average Bonchev–Trinajstić information content (AvgIpc) is 3.35. The van der Waals surface area contributed by atoms with Crippen LogP contribution in [-0.2, 0) is 18.0 Å². The minimum atomic E-state index is -4.37. The summed E-state index contributed by atoms with van der Waals surface area (Å²) in [6, 6.07) is 5.61. The van der Waals surface area contributed by atoms with Gasteiger partial charge in [0.15, 0.2) is 5.13 Å². The molecule has 1 aliphatic heterocycles. The predicted octanol–water partition coefficient (Wildman–Crippen LogP) is 3.89. The van der Waals surface area contributed by atoms with Gasteiger partial charge in [0, 0.05) is 48.0 Å². The van der Waals surface area contributed by atoms with Crippen LogP contribution in [0, 0.1) is 11.3 Å². The molecule has 2 N–H and O–H groups in total. The topological polar surface area (TPSA) is 65.5 Å². The van der Waals surface area contributed by atoms with Crippen molar-refractivity contribution in [3.05, 3.63) is 46.5 Å². The van der Waals surface area contributed by atoms with Gasteiger partial charge in [-0.05, 0) is 30.4 Å². The molecular weight excluding hydrogens is 403 g/mol. The summed E-state index contributed by atoms with van der Waals surface area (Å²) < 4.78 is 40.5. The van der Waals surface area contributed by atoms with Crippen molar-refractivity contribution in [3.63, 3.8) is 0 Å². The van der Waals surface area contributed by atoms with Crippen LogP contribution in [-0.4, -0.2) is 40.7 Å². The van der Waals surface area contributed by atoms with E-state index >= 15 is 0 Å². The fourth-order valence-corrected chi connectivity index (χ4v) is 6.19. The van der Waals surface area contributed by atoms with Crippen LogP contribution >= 0.6 is 11.3 Å². The summed E-state index contributed by atoms with van der Waals surface area (Å²) in [6.45, 7) is 1.03. The number of nitrogens with one attached hydrogen (secondary N) is 1. The summed E-state index contributed by atoms with van der Waals surface area (Å²) in [4.78, 5) is 19.4. The van der Waals surface area contributed by atoms with Crippen LogP contribution in [0.2, 0.25) is 0 Å². The van der Waals surface area contributed by atoms with E-state index < -0.39 is 17.2 Å². The first kappa shape index (κ1) is 18.9. The highest BCUT2D eigenvalue weighted by Crippen LogP contribution is 2.90. The molecule has 2 amide bonds. The molecule has 2 heterocycles. The summed E-state index contributed by atoms with van der Waals surface area (Å²) in [5.74, 6) is 0.229. The largest absolute Gasteiger partial charge is 0.416 e. The van der Waals surface area contributed by atoms with E-state index in [9.17, 15) is 18.0 Å². The van der Waals surface area contributed by atoms with E-state index in [1.54, 1.807) is 23.2 Å². The molecule has 0 radical (unpaired) electrons. The van der Waals surface area contributed by atoms with Gasteiger partial charge in [-0.2, -0.15) is 13.2 Å². The number of anilines is 1. The zero-order valence-electron chi connectivity index (χ0n) is 15.5. The van der Waals surface area contributed by atoms with Crippen LogP contribution in [0.5, 0.6) is 0 Å². The van der Waals surface area contributed by atoms with Crippen LogP contribution in [0.25, 0.3) is 0 Å². The van der Waals surface area contributed by atoms with E-state index in [2.05, 4.69) is 10.3 Å².